The van der Waals surface area contributed by atoms with Crippen LogP contribution < -0.4 is 0 Å². The van der Waals surface area contributed by atoms with Crippen LogP contribution in [0.25, 0.3) is 27.5 Å². The highest BCUT2D eigenvalue weighted by Gasteiger charge is 2.66. The molecule has 4 aromatic rings. The van der Waals surface area contributed by atoms with Gasteiger partial charge in [0, 0.05) is 50.0 Å². The molecule has 3 fully saturated rings. The minimum Gasteiger partial charge on any atom is -0.309 e. The fourth-order valence-electron chi connectivity index (χ4n) is 12.7. The van der Waals surface area contributed by atoms with Crippen molar-refractivity contribution < 1.29 is 0 Å². The highest BCUT2D eigenvalue weighted by Crippen LogP contribution is 2.73. The van der Waals surface area contributed by atoms with Gasteiger partial charge in [-0.1, -0.05) is 97.5 Å². The van der Waals surface area contributed by atoms with Crippen LogP contribution >= 0.6 is 23.5 Å². The fourth-order valence-corrected chi connectivity index (χ4v) is 16.7. The molecule has 1 saturated carbocycles. The zero-order chi connectivity index (χ0) is 34.2. The molecule has 4 heterocycles. The van der Waals surface area contributed by atoms with Crippen LogP contribution in [0.1, 0.15) is 82.1 Å². The maximum absolute atomic E-state index is 5.01. The van der Waals surface area contributed by atoms with E-state index in [0.29, 0.717) is 44.8 Å². The first-order valence-corrected chi connectivity index (χ1v) is 22.3. The summed E-state index contributed by atoms with van der Waals surface area (Å²) in [4.78, 5) is 6.78. The van der Waals surface area contributed by atoms with Crippen LogP contribution in [0.15, 0.2) is 125 Å². The summed E-state index contributed by atoms with van der Waals surface area (Å²) in [6.45, 7) is 0. The summed E-state index contributed by atoms with van der Waals surface area (Å²) in [5.41, 5.74) is 7.32. The van der Waals surface area contributed by atoms with Crippen LogP contribution in [0.2, 0.25) is 0 Å². The van der Waals surface area contributed by atoms with E-state index in [4.69, 9.17) is 4.99 Å². The van der Waals surface area contributed by atoms with Crippen molar-refractivity contribution in [2.75, 3.05) is 0 Å². The van der Waals surface area contributed by atoms with E-state index < -0.39 is 0 Å². The molecule has 52 heavy (non-hydrogen) atoms. The van der Waals surface area contributed by atoms with Crippen LogP contribution in [0.4, 0.5) is 0 Å². The first-order valence-electron chi connectivity index (χ1n) is 20.5. The number of hydrogen-bond donors (Lipinski definition) is 0. The Kier molecular flexibility index (Phi) is 8.05. The molecule has 0 amide bonds. The number of benzene rings is 3. The molecular formula is C48H50N2S2. The zero-order valence-electron chi connectivity index (χ0n) is 30.2. The number of aromatic nitrogens is 1. The smallest absolute Gasteiger partial charge is 0.0576 e. The lowest BCUT2D eigenvalue weighted by Crippen LogP contribution is -2.64. The van der Waals surface area contributed by atoms with E-state index in [1.54, 1.807) is 10.5 Å². The Morgan fingerprint density at radius 3 is 2.56 bits per heavy atom. The maximum atomic E-state index is 5.01. The second kappa shape index (κ2) is 13.0. The number of thioether (sulfide) groups is 2. The van der Waals surface area contributed by atoms with Crippen LogP contribution in [0.3, 0.4) is 0 Å². The van der Waals surface area contributed by atoms with E-state index in [-0.39, 0.29) is 0 Å². The third kappa shape index (κ3) is 4.81. The van der Waals surface area contributed by atoms with Crippen molar-refractivity contribution in [3.05, 3.63) is 125 Å². The lowest BCUT2D eigenvalue weighted by atomic mass is 9.45. The summed E-state index contributed by atoms with van der Waals surface area (Å²) in [5.74, 6) is 3.81. The topological polar surface area (TPSA) is 17.3 Å². The van der Waals surface area contributed by atoms with Crippen molar-refractivity contribution in [1.29, 1.82) is 0 Å². The summed E-state index contributed by atoms with van der Waals surface area (Å²) in [5, 5.41) is 4.67. The predicted molar refractivity (Wildman–Crippen MR) is 224 cm³/mol. The quantitative estimate of drug-likeness (QED) is 0.196. The molecule has 7 aliphatic rings. The fraction of sp³-hybridized carbons (Fsp3) is 0.438. The van der Waals surface area contributed by atoms with E-state index >= 15 is 0 Å². The third-order valence-corrected chi connectivity index (χ3v) is 17.8. The van der Waals surface area contributed by atoms with Crippen molar-refractivity contribution in [3.63, 3.8) is 0 Å². The minimum absolute atomic E-state index is 0.317. The van der Waals surface area contributed by atoms with Gasteiger partial charge in [-0.3, -0.25) is 4.99 Å². The Bertz CT molecular complexity index is 2170. The second-order valence-corrected chi connectivity index (χ2v) is 19.4. The number of allylic oxidation sites excluding steroid dienone is 6. The largest absolute Gasteiger partial charge is 0.309 e. The van der Waals surface area contributed by atoms with Gasteiger partial charge < -0.3 is 4.57 Å². The molecule has 3 aliphatic heterocycles. The molecule has 0 N–H and O–H groups in total. The Hall–Kier alpha value is -3.21. The van der Waals surface area contributed by atoms with E-state index in [9.17, 15) is 0 Å². The molecule has 10 atom stereocenters. The Balaban J connectivity index is 1.12. The zero-order valence-corrected chi connectivity index (χ0v) is 31.8. The third-order valence-electron chi connectivity index (χ3n) is 14.5. The first-order chi connectivity index (χ1) is 25.8. The number of aliphatic imine (C=N–C) groups is 1. The van der Waals surface area contributed by atoms with Crippen LogP contribution in [0.5, 0.6) is 0 Å². The van der Waals surface area contributed by atoms with Crippen molar-refractivity contribution in [2.45, 2.75) is 92.3 Å². The van der Waals surface area contributed by atoms with Gasteiger partial charge in [-0.15, -0.1) is 11.8 Å². The minimum atomic E-state index is 0.317. The van der Waals surface area contributed by atoms with E-state index in [0.717, 1.165) is 24.7 Å². The lowest BCUT2D eigenvalue weighted by molar-refractivity contribution is -0.0619. The van der Waals surface area contributed by atoms with Crippen LogP contribution in [-0.2, 0) is 0 Å². The van der Waals surface area contributed by atoms with Crippen molar-refractivity contribution in [2.24, 2.45) is 40.0 Å². The van der Waals surface area contributed by atoms with Gasteiger partial charge in [0.15, 0.2) is 0 Å². The summed E-state index contributed by atoms with van der Waals surface area (Å²) >= 11 is 4.73. The molecule has 2 nitrogen and oxygen atoms in total. The maximum Gasteiger partial charge on any atom is 0.0576 e. The number of fused-ring (bicyclic) bond motifs is 11. The van der Waals surface area contributed by atoms with Gasteiger partial charge in [-0.05, 0) is 128 Å². The number of hydrogen-bond acceptors (Lipinski definition) is 3. The Morgan fingerprint density at radius 2 is 1.63 bits per heavy atom. The molecule has 1 spiro atoms. The highest BCUT2D eigenvalue weighted by molar-refractivity contribution is 8.03. The molecule has 4 heteroatoms. The van der Waals surface area contributed by atoms with Gasteiger partial charge in [-0.25, -0.2) is 0 Å². The summed E-state index contributed by atoms with van der Waals surface area (Å²) in [6, 6.07) is 27.7. The summed E-state index contributed by atoms with van der Waals surface area (Å²) in [6.07, 6.45) is 32.1. The molecule has 0 radical (unpaired) electrons. The molecule has 0 bridgehead atoms. The summed E-state index contributed by atoms with van der Waals surface area (Å²) < 4.78 is 2.61. The van der Waals surface area contributed by atoms with Crippen LogP contribution in [0, 0.1) is 35.0 Å². The average molecular weight is 719 g/mol. The second-order valence-electron chi connectivity index (χ2n) is 16.8. The predicted octanol–water partition coefficient (Wildman–Crippen LogP) is 12.8. The van der Waals surface area contributed by atoms with Crippen molar-refractivity contribution in [3.8, 4) is 5.69 Å². The Labute approximate surface area is 318 Å². The van der Waals surface area contributed by atoms with Gasteiger partial charge in [0.2, 0.25) is 0 Å². The standard InChI is InChI=1S/C48H50N2S2/c1-2-14-32(15-3-1)50-42-24-7-4-16-33(42)34-17-12-18-35(46(34)50)36-19-13-22-40-47(36)52-45-30-31(41-23-10-11-29-49-41)27-28-39(45)48(40)37-20-5-8-25-43(37)51-44-26-9-6-21-38(44)48/h1-4,7-8,12,14-18,23-29,31,36-40,43,45,47H,5-6,9-11,13,19-22,30H2/t31?,36?,37?,38?,39?,40?,43?,45?,47?,48-/m1/s1. The molecular weight excluding hydrogens is 669 g/mol. The lowest BCUT2D eigenvalue weighted by Gasteiger charge is -2.68. The van der Waals surface area contributed by atoms with E-state index in [1.807, 2.05) is 0 Å². The summed E-state index contributed by atoms with van der Waals surface area (Å²) in [7, 11) is 0. The number of para-hydroxylation sites is 3. The van der Waals surface area contributed by atoms with Crippen molar-refractivity contribution in [1.82, 2.24) is 4.57 Å². The molecule has 4 aliphatic carbocycles. The van der Waals surface area contributed by atoms with E-state index in [2.05, 4.69) is 144 Å². The average Bonchev–Trinajstić information content (AvgIpc) is 3.56. The highest BCUT2D eigenvalue weighted by atomic mass is 32.2. The molecule has 9 unspecified atom stereocenters. The van der Waals surface area contributed by atoms with Gasteiger partial charge in [0.05, 0.1) is 11.0 Å². The van der Waals surface area contributed by atoms with Crippen molar-refractivity contribution >= 4 is 51.5 Å². The molecule has 1 aromatic heterocycles. The first kappa shape index (κ1) is 32.2. The molecule has 11 rings (SSSR count). The van der Waals surface area contributed by atoms with Crippen LogP contribution in [-0.4, -0.2) is 26.5 Å². The molecule has 3 aromatic carbocycles. The SMILES string of the molecule is C1=CC2SC3=CCCCC3[C@@]3(C4C=CC(C5=CCCC=N5)CC4SC4C(c5cccc6c7ccccc7n(-c7ccccc7)c56)CCCC43)C2CC1. The molecule has 2 saturated heterocycles. The monoisotopic (exact) mass is 718 g/mol. The van der Waals surface area contributed by atoms with E-state index in [1.165, 1.54) is 91.0 Å². The van der Waals surface area contributed by atoms with Gasteiger partial charge >= 0.3 is 0 Å². The molecule has 264 valence electrons. The van der Waals surface area contributed by atoms with Gasteiger partial charge in [0.1, 0.15) is 0 Å². The van der Waals surface area contributed by atoms with Gasteiger partial charge in [-0.2, -0.15) is 11.8 Å². The number of rotatable bonds is 3. The number of nitrogens with zero attached hydrogens (tertiary/aromatic N) is 2. The normalized spacial score (nSPS) is 36.5. The Morgan fingerprint density at radius 1 is 0.731 bits per heavy atom. The van der Waals surface area contributed by atoms with Gasteiger partial charge in [0.25, 0.3) is 0 Å².